The van der Waals surface area contributed by atoms with Crippen molar-refractivity contribution in [3.05, 3.63) is 29.8 Å². The summed E-state index contributed by atoms with van der Waals surface area (Å²) in [6.45, 7) is 5.23. The normalized spacial score (nSPS) is 15.8. The van der Waals surface area contributed by atoms with Gasteiger partial charge in [-0.15, -0.1) is 0 Å². The summed E-state index contributed by atoms with van der Waals surface area (Å²) in [7, 11) is 1.62. The van der Waals surface area contributed by atoms with E-state index in [-0.39, 0.29) is 18.5 Å². The van der Waals surface area contributed by atoms with Crippen molar-refractivity contribution in [3.8, 4) is 5.75 Å². The van der Waals surface area contributed by atoms with E-state index in [4.69, 9.17) is 9.84 Å². The van der Waals surface area contributed by atoms with Crippen LogP contribution in [0.5, 0.6) is 5.75 Å². The van der Waals surface area contributed by atoms with Gasteiger partial charge in [0.15, 0.2) is 0 Å². The summed E-state index contributed by atoms with van der Waals surface area (Å²) >= 11 is 0. The van der Waals surface area contributed by atoms with Gasteiger partial charge in [0.1, 0.15) is 5.75 Å². The number of hydrogen-bond acceptors (Lipinski definition) is 5. The fourth-order valence-corrected chi connectivity index (χ4v) is 3.42. The Balaban J connectivity index is 1.75. The van der Waals surface area contributed by atoms with E-state index >= 15 is 0 Å². The van der Waals surface area contributed by atoms with Gasteiger partial charge in [0.25, 0.3) is 0 Å². The van der Waals surface area contributed by atoms with E-state index in [1.165, 1.54) is 0 Å². The number of likely N-dealkylation sites (N-methyl/N-ethyl adjacent to an activating group) is 1. The average molecular weight is 363 g/mol. The standard InChI is InChI=1S/C19H29N3O4/c1-3-22(14-19(24)25)16-8-10-21(11-9-16)13-18(23)20-12-15-6-4-5-7-17(15)26-2/h4-7,16H,3,8-14H2,1-2H3,(H,20,23)(H,24,25). The Bertz CT molecular complexity index is 600. The van der Waals surface area contributed by atoms with E-state index in [9.17, 15) is 9.59 Å². The number of likely N-dealkylation sites (tertiary alicyclic amines) is 1. The number of nitrogens with zero attached hydrogens (tertiary/aromatic N) is 2. The van der Waals surface area contributed by atoms with E-state index in [1.54, 1.807) is 7.11 Å². The van der Waals surface area contributed by atoms with Gasteiger partial charge in [-0.3, -0.25) is 19.4 Å². The Kier molecular flexibility index (Phi) is 7.87. The van der Waals surface area contributed by atoms with Crippen molar-refractivity contribution in [1.29, 1.82) is 0 Å². The van der Waals surface area contributed by atoms with Crippen LogP contribution in [0.25, 0.3) is 0 Å². The number of piperidine rings is 1. The number of carbonyl (C=O) groups excluding carboxylic acids is 1. The van der Waals surface area contributed by atoms with Crippen LogP contribution in [0.1, 0.15) is 25.3 Å². The number of rotatable bonds is 9. The van der Waals surface area contributed by atoms with Crippen molar-refractivity contribution in [2.24, 2.45) is 0 Å². The van der Waals surface area contributed by atoms with Gasteiger partial charge in [-0.2, -0.15) is 0 Å². The number of amides is 1. The van der Waals surface area contributed by atoms with Crippen molar-refractivity contribution in [2.75, 3.05) is 39.8 Å². The molecule has 1 aromatic carbocycles. The molecule has 144 valence electrons. The third-order valence-electron chi connectivity index (χ3n) is 4.85. The second-order valence-corrected chi connectivity index (χ2v) is 6.55. The van der Waals surface area contributed by atoms with E-state index in [0.717, 1.165) is 43.8 Å². The lowest BCUT2D eigenvalue weighted by Gasteiger charge is -2.37. The summed E-state index contributed by atoms with van der Waals surface area (Å²) in [6, 6.07) is 7.92. The molecule has 0 radical (unpaired) electrons. The molecule has 1 fully saturated rings. The number of carboxylic acid groups (broad SMARTS) is 1. The van der Waals surface area contributed by atoms with Crippen molar-refractivity contribution in [2.45, 2.75) is 32.4 Å². The van der Waals surface area contributed by atoms with Gasteiger partial charge in [0.2, 0.25) is 5.91 Å². The van der Waals surface area contributed by atoms with Gasteiger partial charge < -0.3 is 15.2 Å². The molecule has 0 spiro atoms. The predicted molar refractivity (Wildman–Crippen MR) is 99.2 cm³/mol. The molecule has 1 heterocycles. The SMILES string of the molecule is CCN(CC(=O)O)C1CCN(CC(=O)NCc2ccccc2OC)CC1. The van der Waals surface area contributed by atoms with Crippen LogP contribution >= 0.6 is 0 Å². The number of aliphatic carboxylic acids is 1. The van der Waals surface area contributed by atoms with E-state index in [2.05, 4.69) is 10.2 Å². The number of methoxy groups -OCH3 is 1. The van der Waals surface area contributed by atoms with Gasteiger partial charge in [0.05, 0.1) is 20.2 Å². The number of carboxylic acids is 1. The molecule has 0 saturated carbocycles. The van der Waals surface area contributed by atoms with Gasteiger partial charge in [-0.1, -0.05) is 25.1 Å². The molecule has 7 heteroatoms. The first-order valence-corrected chi connectivity index (χ1v) is 9.10. The average Bonchev–Trinajstić information content (AvgIpc) is 2.65. The second kappa shape index (κ2) is 10.1. The first-order chi connectivity index (χ1) is 12.5. The van der Waals surface area contributed by atoms with Crippen LogP contribution in [0, 0.1) is 0 Å². The predicted octanol–water partition coefficient (Wildman–Crippen LogP) is 1.18. The molecule has 26 heavy (non-hydrogen) atoms. The van der Waals surface area contributed by atoms with Crippen LogP contribution in [0.4, 0.5) is 0 Å². The Morgan fingerprint density at radius 2 is 2.00 bits per heavy atom. The number of hydrogen-bond donors (Lipinski definition) is 2. The highest BCUT2D eigenvalue weighted by atomic mass is 16.5. The summed E-state index contributed by atoms with van der Waals surface area (Å²) in [5, 5.41) is 11.9. The lowest BCUT2D eigenvalue weighted by molar-refractivity contribution is -0.139. The zero-order valence-corrected chi connectivity index (χ0v) is 15.6. The third-order valence-corrected chi connectivity index (χ3v) is 4.85. The Morgan fingerprint density at radius 3 is 2.62 bits per heavy atom. The minimum atomic E-state index is -0.787. The monoisotopic (exact) mass is 363 g/mol. The smallest absolute Gasteiger partial charge is 0.317 e. The molecular formula is C19H29N3O4. The molecule has 1 aliphatic heterocycles. The quantitative estimate of drug-likeness (QED) is 0.686. The fourth-order valence-electron chi connectivity index (χ4n) is 3.42. The highest BCUT2D eigenvalue weighted by Gasteiger charge is 2.25. The van der Waals surface area contributed by atoms with Gasteiger partial charge in [0, 0.05) is 31.2 Å². The van der Waals surface area contributed by atoms with Crippen molar-refractivity contribution >= 4 is 11.9 Å². The summed E-state index contributed by atoms with van der Waals surface area (Å²) < 4.78 is 5.29. The summed E-state index contributed by atoms with van der Waals surface area (Å²) in [4.78, 5) is 27.3. The van der Waals surface area contributed by atoms with Gasteiger partial charge in [-0.05, 0) is 25.5 Å². The van der Waals surface area contributed by atoms with Crippen LogP contribution in [-0.2, 0) is 16.1 Å². The highest BCUT2D eigenvalue weighted by Crippen LogP contribution is 2.17. The van der Waals surface area contributed by atoms with Crippen LogP contribution in [-0.4, -0.2) is 72.7 Å². The molecule has 0 aliphatic carbocycles. The van der Waals surface area contributed by atoms with Gasteiger partial charge >= 0.3 is 5.97 Å². The summed E-state index contributed by atoms with van der Waals surface area (Å²) in [5.74, 6) is -0.0241. The third kappa shape index (κ3) is 6.00. The Morgan fingerprint density at radius 1 is 1.31 bits per heavy atom. The van der Waals surface area contributed by atoms with Crippen LogP contribution in [0.3, 0.4) is 0 Å². The van der Waals surface area contributed by atoms with E-state index < -0.39 is 5.97 Å². The number of carbonyl (C=O) groups is 2. The largest absolute Gasteiger partial charge is 0.496 e. The lowest BCUT2D eigenvalue weighted by atomic mass is 10.0. The first kappa shape index (κ1) is 20.2. The summed E-state index contributed by atoms with van der Waals surface area (Å²) in [6.07, 6.45) is 1.78. The molecule has 1 saturated heterocycles. The number of para-hydroxylation sites is 1. The Hall–Kier alpha value is -2.12. The highest BCUT2D eigenvalue weighted by molar-refractivity contribution is 5.78. The Labute approximate surface area is 154 Å². The first-order valence-electron chi connectivity index (χ1n) is 9.10. The van der Waals surface area contributed by atoms with Gasteiger partial charge in [-0.25, -0.2) is 0 Å². The molecule has 1 aliphatic rings. The number of nitrogens with one attached hydrogen (secondary N) is 1. The maximum absolute atomic E-state index is 12.2. The van der Waals surface area contributed by atoms with Crippen molar-refractivity contribution in [1.82, 2.24) is 15.1 Å². The molecule has 2 rings (SSSR count). The maximum Gasteiger partial charge on any atom is 0.317 e. The molecular weight excluding hydrogens is 334 g/mol. The van der Waals surface area contributed by atoms with E-state index in [1.807, 2.05) is 36.1 Å². The van der Waals surface area contributed by atoms with Crippen molar-refractivity contribution < 1.29 is 19.4 Å². The summed E-state index contributed by atoms with van der Waals surface area (Å²) in [5.41, 5.74) is 0.953. The molecule has 1 aromatic rings. The lowest BCUT2D eigenvalue weighted by Crippen LogP contribution is -2.48. The molecule has 0 unspecified atom stereocenters. The minimum Gasteiger partial charge on any atom is -0.496 e. The number of benzene rings is 1. The van der Waals surface area contributed by atoms with E-state index in [0.29, 0.717) is 13.1 Å². The molecule has 0 bridgehead atoms. The number of ether oxygens (including phenoxy) is 1. The molecule has 1 amide bonds. The molecule has 2 N–H and O–H groups in total. The zero-order chi connectivity index (χ0) is 18.9. The van der Waals surface area contributed by atoms with Crippen molar-refractivity contribution in [3.63, 3.8) is 0 Å². The van der Waals surface area contributed by atoms with Crippen LogP contribution in [0.15, 0.2) is 24.3 Å². The van der Waals surface area contributed by atoms with Crippen LogP contribution < -0.4 is 10.1 Å². The molecule has 0 aromatic heterocycles. The maximum atomic E-state index is 12.2. The topological polar surface area (TPSA) is 82.1 Å². The molecule has 0 atom stereocenters. The van der Waals surface area contributed by atoms with Crippen LogP contribution in [0.2, 0.25) is 0 Å². The zero-order valence-electron chi connectivity index (χ0n) is 15.6. The molecule has 7 nitrogen and oxygen atoms in total. The second-order valence-electron chi connectivity index (χ2n) is 6.55. The fraction of sp³-hybridized carbons (Fsp3) is 0.579. The minimum absolute atomic E-state index is 0.00719.